The lowest BCUT2D eigenvalue weighted by Crippen LogP contribution is -2.13. The molecule has 0 amide bonds. The molecule has 1 heteroatoms. The van der Waals surface area contributed by atoms with Crippen LogP contribution in [0.2, 0.25) is 0 Å². The molecule has 1 rings (SSSR count). The highest BCUT2D eigenvalue weighted by Gasteiger charge is 2.09. The Labute approximate surface area is 157 Å². The molecule has 0 heterocycles. The van der Waals surface area contributed by atoms with Crippen LogP contribution >= 0.6 is 0 Å². The molecule has 0 N–H and O–H groups in total. The lowest BCUT2D eigenvalue weighted by atomic mass is 10.0. The first-order valence-electron chi connectivity index (χ1n) is 10.8. The summed E-state index contributed by atoms with van der Waals surface area (Å²) in [5.74, 6) is 0. The molecule has 0 aromatic heterocycles. The van der Waals surface area contributed by atoms with E-state index in [1.807, 2.05) is 0 Å². The van der Waals surface area contributed by atoms with Crippen LogP contribution in [0.15, 0.2) is 30.3 Å². The number of rotatable bonds is 17. The van der Waals surface area contributed by atoms with Crippen LogP contribution in [-0.2, 0) is 11.3 Å². The lowest BCUT2D eigenvalue weighted by Gasteiger charge is -2.18. The van der Waals surface area contributed by atoms with E-state index in [9.17, 15) is 0 Å². The average Bonchev–Trinajstić information content (AvgIpc) is 2.65. The third-order valence-electron chi connectivity index (χ3n) is 4.98. The molecule has 0 saturated heterocycles. The van der Waals surface area contributed by atoms with Crippen LogP contribution in [0.25, 0.3) is 0 Å². The quantitative estimate of drug-likeness (QED) is 0.261. The molecule has 1 aromatic rings. The van der Waals surface area contributed by atoms with E-state index in [0.29, 0.717) is 6.10 Å². The maximum absolute atomic E-state index is 6.26. The van der Waals surface area contributed by atoms with Crippen molar-refractivity contribution in [2.75, 3.05) is 0 Å². The number of ether oxygens (including phenoxy) is 1. The van der Waals surface area contributed by atoms with E-state index in [-0.39, 0.29) is 0 Å². The van der Waals surface area contributed by atoms with Gasteiger partial charge >= 0.3 is 0 Å². The zero-order valence-corrected chi connectivity index (χ0v) is 16.7. The SMILES string of the molecule is [CH2]CCCCCCCCCC(CCCCCC)OCc1ccccc1. The molecule has 0 aliphatic carbocycles. The second kappa shape index (κ2) is 16.6. The van der Waals surface area contributed by atoms with Gasteiger partial charge in [0.15, 0.2) is 0 Å². The lowest BCUT2D eigenvalue weighted by molar-refractivity contribution is 0.0261. The number of hydrogen-bond acceptors (Lipinski definition) is 1. The summed E-state index contributed by atoms with van der Waals surface area (Å²) in [4.78, 5) is 0. The van der Waals surface area contributed by atoms with E-state index in [4.69, 9.17) is 4.74 Å². The molecule has 0 saturated carbocycles. The highest BCUT2D eigenvalue weighted by molar-refractivity contribution is 5.13. The smallest absolute Gasteiger partial charge is 0.0720 e. The maximum atomic E-state index is 6.26. The predicted molar refractivity (Wildman–Crippen MR) is 111 cm³/mol. The molecule has 0 bridgehead atoms. The first-order chi connectivity index (χ1) is 12.4. The van der Waals surface area contributed by atoms with Crippen LogP contribution in [0.1, 0.15) is 102 Å². The minimum atomic E-state index is 0.447. The molecule has 143 valence electrons. The molecule has 1 nitrogen and oxygen atoms in total. The van der Waals surface area contributed by atoms with Gasteiger partial charge in [-0.15, -0.1) is 0 Å². The summed E-state index contributed by atoms with van der Waals surface area (Å²) in [5, 5.41) is 0. The van der Waals surface area contributed by atoms with Gasteiger partial charge in [-0.25, -0.2) is 0 Å². The Morgan fingerprint density at radius 3 is 1.92 bits per heavy atom. The molecule has 1 aromatic carbocycles. The molecular formula is C24H41O. The Kier molecular flexibility index (Phi) is 14.8. The second-order valence-corrected chi connectivity index (χ2v) is 7.39. The largest absolute Gasteiger partial charge is 0.374 e. The third-order valence-corrected chi connectivity index (χ3v) is 4.98. The van der Waals surface area contributed by atoms with Crippen molar-refractivity contribution >= 4 is 0 Å². The summed E-state index contributed by atoms with van der Waals surface area (Å²) < 4.78 is 6.26. The topological polar surface area (TPSA) is 9.23 Å². The van der Waals surface area contributed by atoms with Gasteiger partial charge in [0.1, 0.15) is 0 Å². The standard InChI is InChI=1S/C24H41O/c1-3-5-7-9-10-11-12-17-21-24(20-16-8-6-4-2)25-22-23-18-14-13-15-19-23/h13-15,18-19,24H,1,3-12,16-17,20-22H2,2H3. The number of unbranched alkanes of at least 4 members (excludes halogenated alkanes) is 10. The fourth-order valence-electron chi connectivity index (χ4n) is 3.33. The Morgan fingerprint density at radius 1 is 0.760 bits per heavy atom. The monoisotopic (exact) mass is 345 g/mol. The molecular weight excluding hydrogens is 304 g/mol. The van der Waals surface area contributed by atoms with Gasteiger partial charge in [-0.1, -0.05) is 121 Å². The Hall–Kier alpha value is -0.820. The van der Waals surface area contributed by atoms with Crippen LogP contribution in [0, 0.1) is 6.92 Å². The fourth-order valence-corrected chi connectivity index (χ4v) is 3.33. The second-order valence-electron chi connectivity index (χ2n) is 7.39. The normalized spacial score (nSPS) is 12.4. The maximum Gasteiger partial charge on any atom is 0.0720 e. The van der Waals surface area contributed by atoms with Gasteiger partial charge in [0, 0.05) is 0 Å². The molecule has 0 fully saturated rings. The van der Waals surface area contributed by atoms with E-state index >= 15 is 0 Å². The average molecular weight is 346 g/mol. The number of hydrogen-bond donors (Lipinski definition) is 0. The summed E-state index contributed by atoms with van der Waals surface area (Å²) in [6.45, 7) is 6.96. The van der Waals surface area contributed by atoms with E-state index in [0.717, 1.165) is 13.0 Å². The highest BCUT2D eigenvalue weighted by Crippen LogP contribution is 2.18. The minimum absolute atomic E-state index is 0.447. The molecule has 25 heavy (non-hydrogen) atoms. The van der Waals surface area contributed by atoms with Crippen molar-refractivity contribution in [3.63, 3.8) is 0 Å². The molecule has 1 radical (unpaired) electrons. The van der Waals surface area contributed by atoms with Gasteiger partial charge in [-0.2, -0.15) is 0 Å². The van der Waals surface area contributed by atoms with Crippen LogP contribution in [0.5, 0.6) is 0 Å². The first kappa shape index (κ1) is 22.2. The van der Waals surface area contributed by atoms with Crippen molar-refractivity contribution in [3.8, 4) is 0 Å². The van der Waals surface area contributed by atoms with E-state index in [1.54, 1.807) is 0 Å². The molecule has 0 aliphatic rings. The molecule has 0 aliphatic heterocycles. The van der Waals surface area contributed by atoms with Gasteiger partial charge in [0.25, 0.3) is 0 Å². The highest BCUT2D eigenvalue weighted by atomic mass is 16.5. The van der Waals surface area contributed by atoms with E-state index in [2.05, 4.69) is 44.2 Å². The summed E-state index contributed by atoms with van der Waals surface area (Å²) >= 11 is 0. The van der Waals surface area contributed by atoms with Crippen molar-refractivity contribution in [1.82, 2.24) is 0 Å². The van der Waals surface area contributed by atoms with Crippen molar-refractivity contribution in [2.24, 2.45) is 0 Å². The van der Waals surface area contributed by atoms with Gasteiger partial charge in [-0.05, 0) is 18.4 Å². The van der Waals surface area contributed by atoms with Gasteiger partial charge in [0.05, 0.1) is 12.7 Å². The Balaban J connectivity index is 2.18. The third kappa shape index (κ3) is 13.1. The summed E-state index contributed by atoms with van der Waals surface area (Å²) in [5.41, 5.74) is 1.30. The Bertz CT molecular complexity index is 373. The Morgan fingerprint density at radius 2 is 1.32 bits per heavy atom. The van der Waals surface area contributed by atoms with Gasteiger partial charge in [0.2, 0.25) is 0 Å². The van der Waals surface area contributed by atoms with Crippen molar-refractivity contribution in [2.45, 2.75) is 110 Å². The van der Waals surface area contributed by atoms with Crippen LogP contribution < -0.4 is 0 Å². The predicted octanol–water partition coefficient (Wildman–Crippen LogP) is 7.89. The minimum Gasteiger partial charge on any atom is -0.374 e. The zero-order chi connectivity index (χ0) is 18.0. The van der Waals surface area contributed by atoms with E-state index in [1.165, 1.54) is 89.0 Å². The van der Waals surface area contributed by atoms with E-state index < -0.39 is 0 Å². The molecule has 1 unspecified atom stereocenters. The van der Waals surface area contributed by atoms with Crippen molar-refractivity contribution < 1.29 is 4.74 Å². The van der Waals surface area contributed by atoms with Gasteiger partial charge < -0.3 is 4.74 Å². The van der Waals surface area contributed by atoms with Crippen molar-refractivity contribution in [1.29, 1.82) is 0 Å². The summed E-state index contributed by atoms with van der Waals surface area (Å²) in [7, 11) is 0. The molecule has 0 spiro atoms. The van der Waals surface area contributed by atoms with Gasteiger partial charge in [-0.3, -0.25) is 0 Å². The first-order valence-corrected chi connectivity index (χ1v) is 10.8. The zero-order valence-electron chi connectivity index (χ0n) is 16.7. The van der Waals surface area contributed by atoms with Crippen LogP contribution in [0.4, 0.5) is 0 Å². The van der Waals surface area contributed by atoms with Crippen LogP contribution in [0.3, 0.4) is 0 Å². The summed E-state index contributed by atoms with van der Waals surface area (Å²) in [6, 6.07) is 10.6. The molecule has 1 atom stereocenters. The summed E-state index contributed by atoms with van der Waals surface area (Å²) in [6.07, 6.45) is 18.9. The fraction of sp³-hybridized carbons (Fsp3) is 0.708. The number of benzene rings is 1. The van der Waals surface area contributed by atoms with Crippen molar-refractivity contribution in [3.05, 3.63) is 42.8 Å². The van der Waals surface area contributed by atoms with Crippen LogP contribution in [-0.4, -0.2) is 6.10 Å².